The first-order chi connectivity index (χ1) is 11.7. The third-order valence-electron chi connectivity index (χ3n) is 4.15. The molecule has 126 valence electrons. The molecule has 6 heteroatoms. The molecule has 1 amide bonds. The molecule has 6 nitrogen and oxygen atoms in total. The standard InChI is InChI=1S/C18H21N3O3/c1-4-12(5-2)19-18(22)11-7-8-15-13(9-11)17(21-24-15)14-10-23-16(6-3)20-14/h7-10,12H,4-6H2,1-3H3,(H,19,22). The van der Waals surface area contributed by atoms with Crippen LogP contribution in [-0.2, 0) is 6.42 Å². The van der Waals surface area contributed by atoms with Crippen molar-refractivity contribution in [1.82, 2.24) is 15.5 Å². The number of benzene rings is 1. The second-order valence-electron chi connectivity index (χ2n) is 5.71. The predicted molar refractivity (Wildman–Crippen MR) is 90.7 cm³/mol. The second kappa shape index (κ2) is 6.86. The van der Waals surface area contributed by atoms with Crippen molar-refractivity contribution in [2.45, 2.75) is 46.1 Å². The first kappa shape index (κ1) is 16.2. The summed E-state index contributed by atoms with van der Waals surface area (Å²) in [6, 6.07) is 5.47. The van der Waals surface area contributed by atoms with Crippen LogP contribution in [0, 0.1) is 0 Å². The van der Waals surface area contributed by atoms with Crippen LogP contribution >= 0.6 is 0 Å². The molecule has 3 rings (SSSR count). The fraction of sp³-hybridized carbons (Fsp3) is 0.389. The van der Waals surface area contributed by atoms with Crippen molar-refractivity contribution in [3.05, 3.63) is 35.9 Å². The fourth-order valence-corrected chi connectivity index (χ4v) is 2.61. The van der Waals surface area contributed by atoms with Crippen LogP contribution in [0.3, 0.4) is 0 Å². The monoisotopic (exact) mass is 327 g/mol. The van der Waals surface area contributed by atoms with Crippen molar-refractivity contribution in [3.63, 3.8) is 0 Å². The van der Waals surface area contributed by atoms with Gasteiger partial charge in [-0.15, -0.1) is 0 Å². The Morgan fingerprint density at radius 1 is 1.25 bits per heavy atom. The van der Waals surface area contributed by atoms with E-state index in [1.54, 1.807) is 24.5 Å². The number of aromatic nitrogens is 2. The number of aryl methyl sites for hydroxylation is 1. The molecule has 1 N–H and O–H groups in total. The molecule has 24 heavy (non-hydrogen) atoms. The third-order valence-corrected chi connectivity index (χ3v) is 4.15. The van der Waals surface area contributed by atoms with E-state index in [2.05, 4.69) is 29.3 Å². The average molecular weight is 327 g/mol. The number of hydrogen-bond acceptors (Lipinski definition) is 5. The van der Waals surface area contributed by atoms with Crippen molar-refractivity contribution in [2.24, 2.45) is 0 Å². The van der Waals surface area contributed by atoms with E-state index in [1.807, 2.05) is 6.92 Å². The van der Waals surface area contributed by atoms with Gasteiger partial charge in [0.2, 0.25) is 0 Å². The van der Waals surface area contributed by atoms with Crippen LogP contribution in [0.2, 0.25) is 0 Å². The highest BCUT2D eigenvalue weighted by Crippen LogP contribution is 2.28. The van der Waals surface area contributed by atoms with Gasteiger partial charge in [0.1, 0.15) is 17.7 Å². The molecule has 0 aliphatic heterocycles. The molecule has 0 spiro atoms. The Balaban J connectivity index is 1.95. The molecule has 0 radical (unpaired) electrons. The van der Waals surface area contributed by atoms with E-state index in [1.165, 1.54) is 0 Å². The summed E-state index contributed by atoms with van der Waals surface area (Å²) in [6.45, 7) is 6.09. The summed E-state index contributed by atoms with van der Waals surface area (Å²) in [5.41, 5.74) is 2.40. The van der Waals surface area contributed by atoms with E-state index in [0.29, 0.717) is 34.8 Å². The Bertz CT molecular complexity index is 846. The van der Waals surface area contributed by atoms with Gasteiger partial charge in [-0.25, -0.2) is 4.98 Å². The molecule has 0 fully saturated rings. The van der Waals surface area contributed by atoms with Crippen molar-refractivity contribution < 1.29 is 13.7 Å². The van der Waals surface area contributed by atoms with E-state index in [4.69, 9.17) is 8.94 Å². The van der Waals surface area contributed by atoms with E-state index >= 15 is 0 Å². The Hall–Kier alpha value is -2.63. The number of fused-ring (bicyclic) bond motifs is 1. The average Bonchev–Trinajstić information content (AvgIpc) is 3.24. The highest BCUT2D eigenvalue weighted by atomic mass is 16.5. The van der Waals surface area contributed by atoms with Gasteiger partial charge in [-0.1, -0.05) is 25.9 Å². The summed E-state index contributed by atoms with van der Waals surface area (Å²) >= 11 is 0. The SMILES string of the molecule is CCc1nc(-c2noc3ccc(C(=O)NC(CC)CC)cc23)co1. The first-order valence-electron chi connectivity index (χ1n) is 8.31. The summed E-state index contributed by atoms with van der Waals surface area (Å²) in [6.07, 6.45) is 4.08. The second-order valence-corrected chi connectivity index (χ2v) is 5.71. The maximum absolute atomic E-state index is 12.4. The number of oxazole rings is 1. The van der Waals surface area contributed by atoms with Crippen LogP contribution in [0.1, 0.15) is 49.9 Å². The molecule has 0 aliphatic rings. The van der Waals surface area contributed by atoms with Gasteiger partial charge in [0.15, 0.2) is 11.5 Å². The third kappa shape index (κ3) is 3.04. The molecule has 2 aromatic heterocycles. The van der Waals surface area contributed by atoms with E-state index in [0.717, 1.165) is 18.2 Å². The van der Waals surface area contributed by atoms with Gasteiger partial charge in [-0.05, 0) is 31.0 Å². The molecule has 0 saturated heterocycles. The number of hydrogen-bond donors (Lipinski definition) is 1. The summed E-state index contributed by atoms with van der Waals surface area (Å²) in [4.78, 5) is 16.8. The van der Waals surface area contributed by atoms with Gasteiger partial charge in [-0.3, -0.25) is 4.79 Å². The lowest BCUT2D eigenvalue weighted by Gasteiger charge is -2.14. The Morgan fingerprint density at radius 2 is 2.04 bits per heavy atom. The van der Waals surface area contributed by atoms with Crippen LogP contribution < -0.4 is 5.32 Å². The number of nitrogens with zero attached hydrogens (tertiary/aromatic N) is 2. The van der Waals surface area contributed by atoms with E-state index < -0.39 is 0 Å². The number of amides is 1. The summed E-state index contributed by atoms with van der Waals surface area (Å²) in [7, 11) is 0. The Labute approximate surface area is 140 Å². The van der Waals surface area contributed by atoms with Crippen LogP contribution in [0.15, 0.2) is 33.4 Å². The quantitative estimate of drug-likeness (QED) is 0.741. The van der Waals surface area contributed by atoms with Crippen LogP contribution in [-0.4, -0.2) is 22.1 Å². The lowest BCUT2D eigenvalue weighted by molar-refractivity contribution is 0.0935. The lowest BCUT2D eigenvalue weighted by atomic mass is 10.1. The minimum absolute atomic E-state index is 0.0906. The van der Waals surface area contributed by atoms with Gasteiger partial charge in [0, 0.05) is 18.0 Å². The number of carbonyl (C=O) groups is 1. The predicted octanol–water partition coefficient (Wildman–Crippen LogP) is 3.96. The molecule has 0 saturated carbocycles. The Kier molecular flexibility index (Phi) is 4.64. The molecule has 3 aromatic rings. The highest BCUT2D eigenvalue weighted by Gasteiger charge is 2.17. The fourth-order valence-electron chi connectivity index (χ4n) is 2.61. The van der Waals surface area contributed by atoms with Gasteiger partial charge < -0.3 is 14.3 Å². The van der Waals surface area contributed by atoms with Crippen molar-refractivity contribution >= 4 is 16.9 Å². The maximum Gasteiger partial charge on any atom is 0.251 e. The van der Waals surface area contributed by atoms with Crippen molar-refractivity contribution in [2.75, 3.05) is 0 Å². The first-order valence-corrected chi connectivity index (χ1v) is 8.31. The maximum atomic E-state index is 12.4. The molecule has 0 bridgehead atoms. The van der Waals surface area contributed by atoms with Gasteiger partial charge in [0.05, 0.1) is 5.39 Å². The lowest BCUT2D eigenvalue weighted by Crippen LogP contribution is -2.33. The molecule has 1 aromatic carbocycles. The number of nitrogens with one attached hydrogen (secondary N) is 1. The normalized spacial score (nSPS) is 11.3. The topological polar surface area (TPSA) is 81.2 Å². The molecule has 0 aliphatic carbocycles. The largest absolute Gasteiger partial charge is 0.448 e. The van der Waals surface area contributed by atoms with Gasteiger partial charge in [0.25, 0.3) is 5.91 Å². The van der Waals surface area contributed by atoms with Gasteiger partial charge >= 0.3 is 0 Å². The smallest absolute Gasteiger partial charge is 0.251 e. The van der Waals surface area contributed by atoms with Crippen LogP contribution in [0.4, 0.5) is 0 Å². The zero-order valence-corrected chi connectivity index (χ0v) is 14.1. The molecular weight excluding hydrogens is 306 g/mol. The van der Waals surface area contributed by atoms with E-state index in [9.17, 15) is 4.79 Å². The molecular formula is C18H21N3O3. The van der Waals surface area contributed by atoms with Crippen LogP contribution in [0.25, 0.3) is 22.4 Å². The number of rotatable bonds is 6. The van der Waals surface area contributed by atoms with Crippen molar-refractivity contribution in [1.29, 1.82) is 0 Å². The zero-order valence-electron chi connectivity index (χ0n) is 14.1. The number of carbonyl (C=O) groups excluding carboxylic acids is 1. The molecule has 0 unspecified atom stereocenters. The minimum atomic E-state index is -0.0906. The summed E-state index contributed by atoms with van der Waals surface area (Å²) in [5, 5.41) is 7.87. The minimum Gasteiger partial charge on any atom is -0.448 e. The highest BCUT2D eigenvalue weighted by molar-refractivity contribution is 6.00. The van der Waals surface area contributed by atoms with Crippen molar-refractivity contribution in [3.8, 4) is 11.4 Å². The van der Waals surface area contributed by atoms with Gasteiger partial charge in [-0.2, -0.15) is 0 Å². The van der Waals surface area contributed by atoms with E-state index in [-0.39, 0.29) is 11.9 Å². The Morgan fingerprint density at radius 3 is 2.71 bits per heavy atom. The molecule has 0 atom stereocenters. The summed E-state index contributed by atoms with van der Waals surface area (Å²) in [5.74, 6) is 0.552. The van der Waals surface area contributed by atoms with Crippen LogP contribution in [0.5, 0.6) is 0 Å². The summed E-state index contributed by atoms with van der Waals surface area (Å²) < 4.78 is 10.7. The zero-order chi connectivity index (χ0) is 17.1. The molecule has 2 heterocycles.